The quantitative estimate of drug-likeness (QED) is 0.830. The number of carbonyl (C=O) groups is 1. The summed E-state index contributed by atoms with van der Waals surface area (Å²) in [5, 5.41) is 9.85. The molecule has 7 heteroatoms. The number of rotatable bonds is 2. The summed E-state index contributed by atoms with van der Waals surface area (Å²) in [7, 11) is 0. The average molecular weight is 291 g/mol. The Labute approximate surface area is 121 Å². The van der Waals surface area contributed by atoms with Crippen LogP contribution in [0.5, 0.6) is 0 Å². The van der Waals surface area contributed by atoms with Gasteiger partial charge in [-0.15, -0.1) is 11.3 Å². The van der Waals surface area contributed by atoms with Crippen LogP contribution in [-0.2, 0) is 0 Å². The number of hydrogen-bond donors (Lipinski definition) is 2. The second-order valence-electron chi connectivity index (χ2n) is 5.28. The minimum Gasteiger partial charge on any atom is -0.396 e. The van der Waals surface area contributed by atoms with Gasteiger partial charge in [-0.05, 0) is 19.4 Å². The van der Waals surface area contributed by atoms with E-state index in [0.717, 1.165) is 31.2 Å². The first kappa shape index (κ1) is 13.2. The number of nitrogens with zero attached hydrogens (tertiary/aromatic N) is 3. The third-order valence-corrected chi connectivity index (χ3v) is 5.32. The Bertz CT molecular complexity index is 590. The van der Waals surface area contributed by atoms with E-state index in [1.165, 1.54) is 24.2 Å². The van der Waals surface area contributed by atoms with E-state index < -0.39 is 5.91 Å². The molecule has 2 fully saturated rings. The SMILES string of the molecule is N#Cc1sc(N2CCN3CCCC3C2)c(C(N)=O)c1N. The Kier molecular flexibility index (Phi) is 3.28. The molecule has 2 aliphatic rings. The topological polar surface area (TPSA) is 99.4 Å². The molecule has 0 bridgehead atoms. The van der Waals surface area contributed by atoms with Crippen LogP contribution < -0.4 is 16.4 Å². The molecular weight excluding hydrogens is 274 g/mol. The van der Waals surface area contributed by atoms with E-state index in [1.54, 1.807) is 0 Å². The van der Waals surface area contributed by atoms with Gasteiger partial charge in [0.05, 0.1) is 11.3 Å². The predicted octanol–water partition coefficient (Wildman–Crippen LogP) is 0.585. The van der Waals surface area contributed by atoms with Crippen molar-refractivity contribution in [2.45, 2.75) is 18.9 Å². The van der Waals surface area contributed by atoms with Gasteiger partial charge in [-0.25, -0.2) is 0 Å². The number of amides is 1. The zero-order valence-corrected chi connectivity index (χ0v) is 11.9. The molecule has 6 nitrogen and oxygen atoms in total. The molecule has 4 N–H and O–H groups in total. The summed E-state index contributed by atoms with van der Waals surface area (Å²) >= 11 is 1.28. The molecule has 0 saturated carbocycles. The number of hydrogen-bond acceptors (Lipinski definition) is 6. The van der Waals surface area contributed by atoms with Gasteiger partial charge in [-0.2, -0.15) is 5.26 Å². The summed E-state index contributed by atoms with van der Waals surface area (Å²) in [6, 6.07) is 2.59. The second kappa shape index (κ2) is 4.96. The van der Waals surface area contributed by atoms with E-state index in [9.17, 15) is 4.79 Å². The molecule has 3 rings (SSSR count). The van der Waals surface area contributed by atoms with Crippen molar-refractivity contribution in [3.8, 4) is 6.07 Å². The van der Waals surface area contributed by atoms with Crippen molar-refractivity contribution in [3.05, 3.63) is 10.4 Å². The smallest absolute Gasteiger partial charge is 0.253 e. The zero-order valence-electron chi connectivity index (χ0n) is 11.1. The first-order valence-corrected chi connectivity index (χ1v) is 7.54. The van der Waals surface area contributed by atoms with Crippen LogP contribution in [0.25, 0.3) is 0 Å². The molecule has 0 aromatic carbocycles. The third-order valence-electron chi connectivity index (χ3n) is 4.15. The minimum atomic E-state index is -0.552. The third kappa shape index (κ3) is 2.01. The van der Waals surface area contributed by atoms with Gasteiger partial charge in [0, 0.05) is 25.7 Å². The van der Waals surface area contributed by atoms with Crippen LogP contribution in [0.2, 0.25) is 0 Å². The minimum absolute atomic E-state index is 0.230. The van der Waals surface area contributed by atoms with Crippen LogP contribution in [0.15, 0.2) is 0 Å². The highest BCUT2D eigenvalue weighted by Gasteiger charge is 2.33. The molecule has 1 amide bonds. The second-order valence-corrected chi connectivity index (χ2v) is 6.28. The molecule has 1 aromatic heterocycles. The van der Waals surface area contributed by atoms with Gasteiger partial charge < -0.3 is 16.4 Å². The Hall–Kier alpha value is -1.78. The lowest BCUT2D eigenvalue weighted by molar-refractivity contribution is 0.100. The maximum Gasteiger partial charge on any atom is 0.253 e. The number of thiophene rings is 1. The van der Waals surface area contributed by atoms with Gasteiger partial charge in [0.25, 0.3) is 5.91 Å². The first-order chi connectivity index (χ1) is 9.61. The number of nitriles is 1. The average Bonchev–Trinajstić information content (AvgIpc) is 3.01. The number of carbonyl (C=O) groups excluding carboxylic acids is 1. The summed E-state index contributed by atoms with van der Waals surface area (Å²) in [4.78, 5) is 16.7. The zero-order chi connectivity index (χ0) is 14.3. The Morgan fingerprint density at radius 3 is 2.90 bits per heavy atom. The number of piperazine rings is 1. The van der Waals surface area contributed by atoms with Crippen LogP contribution in [0, 0.1) is 11.3 Å². The normalized spacial score (nSPS) is 22.6. The fraction of sp³-hybridized carbons (Fsp3) is 0.538. The van der Waals surface area contributed by atoms with Gasteiger partial charge in [0.15, 0.2) is 0 Å². The fourth-order valence-corrected chi connectivity index (χ4v) is 4.21. The van der Waals surface area contributed by atoms with Crippen molar-refractivity contribution >= 4 is 27.9 Å². The van der Waals surface area contributed by atoms with Gasteiger partial charge in [0.2, 0.25) is 0 Å². The largest absolute Gasteiger partial charge is 0.396 e. The van der Waals surface area contributed by atoms with Crippen LogP contribution in [0.4, 0.5) is 10.7 Å². The molecule has 0 spiro atoms. The summed E-state index contributed by atoms with van der Waals surface area (Å²) in [6.45, 7) is 3.88. The Morgan fingerprint density at radius 2 is 2.20 bits per heavy atom. The van der Waals surface area contributed by atoms with E-state index in [-0.39, 0.29) is 5.69 Å². The first-order valence-electron chi connectivity index (χ1n) is 6.73. The summed E-state index contributed by atoms with van der Waals surface area (Å²) in [5.41, 5.74) is 11.9. The van der Waals surface area contributed by atoms with Crippen LogP contribution in [0.3, 0.4) is 0 Å². The highest BCUT2D eigenvalue weighted by Crippen LogP contribution is 2.39. The lowest BCUT2D eigenvalue weighted by atomic mass is 10.1. The Morgan fingerprint density at radius 1 is 1.40 bits per heavy atom. The molecule has 0 radical (unpaired) electrons. The van der Waals surface area contributed by atoms with Crippen molar-refractivity contribution in [2.75, 3.05) is 36.8 Å². The number of nitrogen functional groups attached to an aromatic ring is 1. The van der Waals surface area contributed by atoms with Crippen molar-refractivity contribution in [1.82, 2.24) is 4.90 Å². The molecule has 1 aromatic rings. The van der Waals surface area contributed by atoms with Gasteiger partial charge in [-0.1, -0.05) is 0 Å². The fourth-order valence-electron chi connectivity index (χ4n) is 3.15. The number of fused-ring (bicyclic) bond motifs is 1. The van der Waals surface area contributed by atoms with E-state index in [0.29, 0.717) is 16.5 Å². The van der Waals surface area contributed by atoms with Crippen LogP contribution in [-0.4, -0.2) is 43.0 Å². The Balaban J connectivity index is 1.94. The monoisotopic (exact) mass is 291 g/mol. The van der Waals surface area contributed by atoms with Crippen LogP contribution >= 0.6 is 11.3 Å². The van der Waals surface area contributed by atoms with Gasteiger partial charge >= 0.3 is 0 Å². The molecule has 3 heterocycles. The lowest BCUT2D eigenvalue weighted by Gasteiger charge is -2.38. The molecule has 2 aliphatic heterocycles. The maximum atomic E-state index is 11.6. The van der Waals surface area contributed by atoms with Gasteiger partial charge in [0.1, 0.15) is 15.9 Å². The maximum absolute atomic E-state index is 11.6. The van der Waals surface area contributed by atoms with Crippen molar-refractivity contribution in [3.63, 3.8) is 0 Å². The summed E-state index contributed by atoms with van der Waals surface area (Å²) in [5.74, 6) is -0.552. The molecular formula is C13H17N5OS. The molecule has 0 aliphatic carbocycles. The van der Waals surface area contributed by atoms with Crippen molar-refractivity contribution in [1.29, 1.82) is 5.26 Å². The summed E-state index contributed by atoms with van der Waals surface area (Å²) < 4.78 is 0. The molecule has 106 valence electrons. The standard InChI is InChI=1S/C13H17N5OS/c14-6-9-11(15)10(12(16)19)13(20-9)18-5-4-17-3-1-2-8(17)7-18/h8H,1-5,7,15H2,(H2,16,19). The van der Waals surface area contributed by atoms with Crippen molar-refractivity contribution < 1.29 is 4.79 Å². The number of anilines is 2. The summed E-state index contributed by atoms with van der Waals surface area (Å²) in [6.07, 6.45) is 2.42. The van der Waals surface area contributed by atoms with E-state index in [4.69, 9.17) is 16.7 Å². The van der Waals surface area contributed by atoms with Gasteiger partial charge in [-0.3, -0.25) is 9.69 Å². The lowest BCUT2D eigenvalue weighted by Crippen LogP contribution is -2.50. The highest BCUT2D eigenvalue weighted by atomic mass is 32.1. The molecule has 1 atom stereocenters. The van der Waals surface area contributed by atoms with E-state index in [2.05, 4.69) is 9.80 Å². The molecule has 2 saturated heterocycles. The molecule has 20 heavy (non-hydrogen) atoms. The van der Waals surface area contributed by atoms with Crippen LogP contribution in [0.1, 0.15) is 28.1 Å². The number of nitrogens with two attached hydrogens (primary N) is 2. The number of primary amides is 1. The van der Waals surface area contributed by atoms with Crippen molar-refractivity contribution in [2.24, 2.45) is 5.73 Å². The van der Waals surface area contributed by atoms with E-state index in [1.807, 2.05) is 6.07 Å². The van der Waals surface area contributed by atoms with E-state index >= 15 is 0 Å². The predicted molar refractivity (Wildman–Crippen MR) is 78.8 cm³/mol. The highest BCUT2D eigenvalue weighted by molar-refractivity contribution is 7.17. The molecule has 1 unspecified atom stereocenters.